The van der Waals surface area contributed by atoms with Gasteiger partial charge in [0.25, 0.3) is 0 Å². The van der Waals surface area contributed by atoms with E-state index in [0.717, 1.165) is 0 Å². The number of carbonyl (C=O) groups is 2. The van der Waals surface area contributed by atoms with Gasteiger partial charge < -0.3 is 14.7 Å². The molecule has 1 atom stereocenters. The second kappa shape index (κ2) is 5.46. The number of hydrogen-bond acceptors (Lipinski definition) is 4. The molecule has 0 aromatic rings. The fraction of sp³-hybridized carbons (Fsp3) is 0.545. The summed E-state index contributed by atoms with van der Waals surface area (Å²) >= 11 is 0. The van der Waals surface area contributed by atoms with E-state index in [1.165, 1.54) is 18.7 Å². The quantitative estimate of drug-likeness (QED) is 0.692. The van der Waals surface area contributed by atoms with Crippen LogP contribution < -0.4 is 0 Å². The van der Waals surface area contributed by atoms with Crippen LogP contribution in [0, 0.1) is 11.3 Å². The Labute approximate surface area is 99.1 Å². The van der Waals surface area contributed by atoms with Gasteiger partial charge in [0.15, 0.2) is 6.10 Å². The summed E-state index contributed by atoms with van der Waals surface area (Å²) < 4.78 is 5.11. The second-order valence-corrected chi connectivity index (χ2v) is 3.79. The SMILES string of the molecule is CC(C(=O)O)=C(C)C(=O)N1CCOC(C#N)C1. The van der Waals surface area contributed by atoms with E-state index in [4.69, 9.17) is 15.1 Å². The fourth-order valence-corrected chi connectivity index (χ4v) is 1.47. The molecule has 1 aliphatic heterocycles. The molecule has 0 aromatic carbocycles. The lowest BCUT2D eigenvalue weighted by atomic mass is 10.1. The number of carbonyl (C=O) groups excluding carboxylic acids is 1. The molecule has 1 N–H and O–H groups in total. The van der Waals surface area contributed by atoms with Crippen LogP contribution in [0.2, 0.25) is 0 Å². The highest BCUT2D eigenvalue weighted by Crippen LogP contribution is 2.12. The Balaban J connectivity index is 2.80. The standard InChI is InChI=1S/C11H14N2O4/c1-7(8(2)11(15)16)10(14)13-3-4-17-9(5-12)6-13/h9H,3-4,6H2,1-2H3,(H,15,16). The van der Waals surface area contributed by atoms with Crippen LogP contribution in [0.3, 0.4) is 0 Å². The van der Waals surface area contributed by atoms with Crippen molar-refractivity contribution in [3.05, 3.63) is 11.1 Å². The van der Waals surface area contributed by atoms with E-state index in [2.05, 4.69) is 0 Å². The Morgan fingerprint density at radius 3 is 2.59 bits per heavy atom. The number of amides is 1. The lowest BCUT2D eigenvalue weighted by molar-refractivity contribution is -0.135. The number of hydrogen-bond donors (Lipinski definition) is 1. The smallest absolute Gasteiger partial charge is 0.331 e. The molecule has 0 aromatic heterocycles. The summed E-state index contributed by atoms with van der Waals surface area (Å²) in [6.45, 7) is 3.71. The summed E-state index contributed by atoms with van der Waals surface area (Å²) in [4.78, 5) is 24.1. The Hall–Kier alpha value is -1.87. The highest BCUT2D eigenvalue weighted by molar-refractivity contribution is 6.01. The van der Waals surface area contributed by atoms with Gasteiger partial charge in [-0.1, -0.05) is 0 Å². The number of carboxylic acid groups (broad SMARTS) is 1. The third-order valence-corrected chi connectivity index (χ3v) is 2.70. The Morgan fingerprint density at radius 1 is 1.41 bits per heavy atom. The first kappa shape index (κ1) is 13.2. The maximum absolute atomic E-state index is 11.9. The molecular weight excluding hydrogens is 224 g/mol. The molecule has 0 bridgehead atoms. The molecule has 1 unspecified atom stereocenters. The fourth-order valence-electron chi connectivity index (χ4n) is 1.47. The van der Waals surface area contributed by atoms with Crippen molar-refractivity contribution >= 4 is 11.9 Å². The molecule has 1 aliphatic rings. The molecule has 1 saturated heterocycles. The molecule has 1 amide bonds. The van der Waals surface area contributed by atoms with Crippen LogP contribution in [0.5, 0.6) is 0 Å². The predicted octanol–water partition coefficient (Wildman–Crippen LogP) is 0.158. The van der Waals surface area contributed by atoms with Crippen molar-refractivity contribution < 1.29 is 19.4 Å². The maximum atomic E-state index is 11.9. The number of nitriles is 1. The van der Waals surface area contributed by atoms with Gasteiger partial charge >= 0.3 is 5.97 Å². The lowest BCUT2D eigenvalue weighted by Crippen LogP contribution is -2.45. The van der Waals surface area contributed by atoms with Crippen LogP contribution in [-0.2, 0) is 14.3 Å². The van der Waals surface area contributed by atoms with Crippen molar-refractivity contribution in [2.45, 2.75) is 20.0 Å². The van der Waals surface area contributed by atoms with E-state index in [9.17, 15) is 9.59 Å². The number of carboxylic acids is 1. The molecule has 17 heavy (non-hydrogen) atoms. The molecule has 6 nitrogen and oxygen atoms in total. The van der Waals surface area contributed by atoms with Crippen LogP contribution in [-0.4, -0.2) is 47.7 Å². The molecule has 6 heteroatoms. The minimum absolute atomic E-state index is 0.0231. The second-order valence-electron chi connectivity index (χ2n) is 3.79. The number of aliphatic carboxylic acids is 1. The van der Waals surface area contributed by atoms with E-state index >= 15 is 0 Å². The first-order valence-electron chi connectivity index (χ1n) is 5.18. The molecule has 1 heterocycles. The summed E-state index contributed by atoms with van der Waals surface area (Å²) in [7, 11) is 0. The summed E-state index contributed by atoms with van der Waals surface area (Å²) in [5.41, 5.74) is 0.214. The first-order chi connectivity index (χ1) is 7.97. The van der Waals surface area contributed by atoms with Crippen LogP contribution in [0.25, 0.3) is 0 Å². The highest BCUT2D eigenvalue weighted by atomic mass is 16.5. The van der Waals surface area contributed by atoms with Crippen LogP contribution in [0.1, 0.15) is 13.8 Å². The van der Waals surface area contributed by atoms with Crippen LogP contribution >= 0.6 is 0 Å². The van der Waals surface area contributed by atoms with Gasteiger partial charge in [-0.2, -0.15) is 5.26 Å². The van der Waals surface area contributed by atoms with Gasteiger partial charge in [-0.3, -0.25) is 4.79 Å². The molecule has 0 aliphatic carbocycles. The Bertz CT molecular complexity index is 408. The topological polar surface area (TPSA) is 90.6 Å². The molecule has 0 spiro atoms. The van der Waals surface area contributed by atoms with E-state index < -0.39 is 12.1 Å². The number of rotatable bonds is 2. The molecule has 0 saturated carbocycles. The van der Waals surface area contributed by atoms with Crippen molar-refractivity contribution in [2.24, 2.45) is 0 Å². The van der Waals surface area contributed by atoms with Gasteiger partial charge in [0, 0.05) is 17.7 Å². The zero-order valence-electron chi connectivity index (χ0n) is 9.77. The zero-order chi connectivity index (χ0) is 13.0. The average Bonchev–Trinajstić information content (AvgIpc) is 2.36. The highest BCUT2D eigenvalue weighted by Gasteiger charge is 2.26. The Kier molecular flexibility index (Phi) is 4.24. The van der Waals surface area contributed by atoms with Crippen molar-refractivity contribution in [1.82, 2.24) is 4.90 Å². The molecular formula is C11H14N2O4. The van der Waals surface area contributed by atoms with Gasteiger partial charge in [0.1, 0.15) is 0 Å². The normalized spacial score (nSPS) is 21.5. The van der Waals surface area contributed by atoms with E-state index in [1.807, 2.05) is 6.07 Å². The summed E-state index contributed by atoms with van der Waals surface area (Å²) in [5, 5.41) is 17.5. The Morgan fingerprint density at radius 2 is 2.06 bits per heavy atom. The summed E-state index contributed by atoms with van der Waals surface area (Å²) in [6, 6.07) is 1.93. The monoisotopic (exact) mass is 238 g/mol. The van der Waals surface area contributed by atoms with Gasteiger partial charge in [0.2, 0.25) is 5.91 Å². The van der Waals surface area contributed by atoms with Gasteiger partial charge in [-0.15, -0.1) is 0 Å². The summed E-state index contributed by atoms with van der Waals surface area (Å²) in [5.74, 6) is -1.46. The largest absolute Gasteiger partial charge is 0.478 e. The lowest BCUT2D eigenvalue weighted by Gasteiger charge is -2.30. The third-order valence-electron chi connectivity index (χ3n) is 2.70. The third kappa shape index (κ3) is 3.04. The average molecular weight is 238 g/mol. The zero-order valence-corrected chi connectivity index (χ0v) is 9.77. The van der Waals surface area contributed by atoms with Crippen molar-refractivity contribution in [2.75, 3.05) is 19.7 Å². The molecule has 0 radical (unpaired) electrons. The molecule has 92 valence electrons. The van der Waals surface area contributed by atoms with Gasteiger partial charge in [-0.25, -0.2) is 4.79 Å². The van der Waals surface area contributed by atoms with Crippen molar-refractivity contribution in [3.63, 3.8) is 0 Å². The predicted molar refractivity (Wildman–Crippen MR) is 57.9 cm³/mol. The summed E-state index contributed by atoms with van der Waals surface area (Å²) in [6.07, 6.45) is -0.634. The van der Waals surface area contributed by atoms with Gasteiger partial charge in [-0.05, 0) is 13.8 Å². The minimum atomic E-state index is -1.11. The molecule has 1 fully saturated rings. The number of nitrogens with zero attached hydrogens (tertiary/aromatic N) is 2. The van der Waals surface area contributed by atoms with Gasteiger partial charge in [0.05, 0.1) is 19.2 Å². The first-order valence-corrected chi connectivity index (χ1v) is 5.18. The van der Waals surface area contributed by atoms with Crippen molar-refractivity contribution in [1.29, 1.82) is 5.26 Å². The number of morpholine rings is 1. The minimum Gasteiger partial charge on any atom is -0.478 e. The molecule has 1 rings (SSSR count). The number of ether oxygens (including phenoxy) is 1. The van der Waals surface area contributed by atoms with Crippen molar-refractivity contribution in [3.8, 4) is 6.07 Å². The van der Waals surface area contributed by atoms with E-state index in [1.54, 1.807) is 0 Å². The van der Waals surface area contributed by atoms with E-state index in [-0.39, 0.29) is 23.6 Å². The van der Waals surface area contributed by atoms with Crippen LogP contribution in [0.4, 0.5) is 0 Å². The maximum Gasteiger partial charge on any atom is 0.331 e. The van der Waals surface area contributed by atoms with Crippen LogP contribution in [0.15, 0.2) is 11.1 Å². The van der Waals surface area contributed by atoms with E-state index in [0.29, 0.717) is 13.2 Å².